The molecule has 60 heavy (non-hydrogen) atoms. The Morgan fingerprint density at radius 2 is 1.02 bits per heavy atom. The van der Waals surface area contributed by atoms with Gasteiger partial charge in [-0.15, -0.1) is 0 Å². The zero-order valence-electron chi connectivity index (χ0n) is 34.2. The molecule has 5 atom stereocenters. The first kappa shape index (κ1) is 43.4. The molecule has 0 bridgehead atoms. The molecule has 1 heterocycles. The quantitative estimate of drug-likeness (QED) is 0.0674. The Balaban J connectivity index is 1.32. The molecule has 0 saturated carbocycles. The Kier molecular flexibility index (Phi) is 16.5. The van der Waals surface area contributed by atoms with Crippen LogP contribution in [-0.4, -0.2) is 44.3 Å². The van der Waals surface area contributed by atoms with Crippen molar-refractivity contribution in [3.05, 3.63) is 213 Å². The van der Waals surface area contributed by atoms with E-state index in [2.05, 4.69) is 49.4 Å². The van der Waals surface area contributed by atoms with Crippen LogP contribution in [-0.2, 0) is 74.3 Å². The average molecular weight is 829 g/mol. The van der Waals surface area contributed by atoms with Gasteiger partial charge in [0, 0.05) is 5.02 Å². The molecular weight excluding hydrogens is 775 g/mol. The van der Waals surface area contributed by atoms with Gasteiger partial charge in [-0.1, -0.05) is 170 Å². The SMILES string of the molecule is CCc1ccc(Cc2cc([C@@H]3O[C@H](COCc4ccccc4)[C@@H](OCc4ccccc4)[C@H](OCc4ccccc4)[C@H]3OCc3ccccc3)c(COCCF)cc2Cl)cc1. The maximum atomic E-state index is 13.5. The normalized spacial score (nSPS) is 19.0. The predicted molar refractivity (Wildman–Crippen MR) is 234 cm³/mol. The third-order valence-corrected chi connectivity index (χ3v) is 11.2. The number of hydrogen-bond acceptors (Lipinski definition) is 6. The van der Waals surface area contributed by atoms with Crippen LogP contribution >= 0.6 is 11.6 Å². The molecule has 8 heteroatoms. The van der Waals surface area contributed by atoms with Crippen molar-refractivity contribution >= 4 is 11.6 Å². The number of benzene rings is 6. The van der Waals surface area contributed by atoms with Crippen molar-refractivity contribution in [1.82, 2.24) is 0 Å². The van der Waals surface area contributed by atoms with Crippen LogP contribution in [0.15, 0.2) is 158 Å². The predicted octanol–water partition coefficient (Wildman–Crippen LogP) is 11.4. The summed E-state index contributed by atoms with van der Waals surface area (Å²) in [7, 11) is 0. The lowest BCUT2D eigenvalue weighted by atomic mass is 9.87. The van der Waals surface area contributed by atoms with Gasteiger partial charge in [0.25, 0.3) is 0 Å². The maximum absolute atomic E-state index is 13.5. The van der Waals surface area contributed by atoms with Crippen LogP contribution < -0.4 is 0 Å². The molecule has 1 saturated heterocycles. The summed E-state index contributed by atoms with van der Waals surface area (Å²) in [4.78, 5) is 0. The van der Waals surface area contributed by atoms with Crippen LogP contribution in [0.25, 0.3) is 0 Å². The molecular formula is C52H54ClFO6. The van der Waals surface area contributed by atoms with E-state index in [0.717, 1.165) is 50.9 Å². The summed E-state index contributed by atoms with van der Waals surface area (Å²) in [5.74, 6) is 0. The first-order valence-corrected chi connectivity index (χ1v) is 21.2. The summed E-state index contributed by atoms with van der Waals surface area (Å²) < 4.78 is 54.1. The van der Waals surface area contributed by atoms with Gasteiger partial charge in [0.1, 0.15) is 37.2 Å². The van der Waals surface area contributed by atoms with Gasteiger partial charge in [-0.3, -0.25) is 0 Å². The van der Waals surface area contributed by atoms with Gasteiger partial charge in [0.15, 0.2) is 0 Å². The van der Waals surface area contributed by atoms with E-state index in [1.165, 1.54) is 5.56 Å². The zero-order chi connectivity index (χ0) is 41.4. The van der Waals surface area contributed by atoms with Crippen LogP contribution in [0.3, 0.4) is 0 Å². The molecule has 6 aromatic rings. The zero-order valence-corrected chi connectivity index (χ0v) is 34.9. The van der Waals surface area contributed by atoms with Crippen molar-refractivity contribution < 1.29 is 32.8 Å². The van der Waals surface area contributed by atoms with Crippen molar-refractivity contribution in [3.63, 3.8) is 0 Å². The number of aryl methyl sites for hydroxylation is 1. The average Bonchev–Trinajstić information content (AvgIpc) is 3.29. The van der Waals surface area contributed by atoms with Crippen molar-refractivity contribution in [3.8, 4) is 0 Å². The van der Waals surface area contributed by atoms with Crippen LogP contribution in [0.5, 0.6) is 0 Å². The summed E-state index contributed by atoms with van der Waals surface area (Å²) in [6.07, 6.45) is -1.60. The lowest BCUT2D eigenvalue weighted by Crippen LogP contribution is -2.58. The lowest BCUT2D eigenvalue weighted by molar-refractivity contribution is -0.275. The van der Waals surface area contributed by atoms with E-state index in [-0.39, 0.29) is 19.8 Å². The molecule has 0 amide bonds. The second kappa shape index (κ2) is 22.8. The Bertz CT molecular complexity index is 2140. The van der Waals surface area contributed by atoms with Gasteiger partial charge in [-0.2, -0.15) is 0 Å². The number of halogens is 2. The van der Waals surface area contributed by atoms with Gasteiger partial charge >= 0.3 is 0 Å². The fourth-order valence-corrected chi connectivity index (χ4v) is 7.85. The smallest absolute Gasteiger partial charge is 0.117 e. The summed E-state index contributed by atoms with van der Waals surface area (Å²) in [6, 6.07) is 53.0. The molecule has 312 valence electrons. The second-order valence-corrected chi connectivity index (χ2v) is 15.5. The minimum absolute atomic E-state index is 0.0454. The van der Waals surface area contributed by atoms with Gasteiger partial charge < -0.3 is 28.4 Å². The molecule has 0 aromatic heterocycles. The number of hydrogen-bond donors (Lipinski definition) is 0. The molecule has 0 spiro atoms. The van der Waals surface area contributed by atoms with Crippen LogP contribution in [0.4, 0.5) is 4.39 Å². The second-order valence-electron chi connectivity index (χ2n) is 15.1. The van der Waals surface area contributed by atoms with E-state index >= 15 is 0 Å². The first-order valence-electron chi connectivity index (χ1n) is 20.8. The monoisotopic (exact) mass is 828 g/mol. The molecule has 0 unspecified atom stereocenters. The van der Waals surface area contributed by atoms with E-state index < -0.39 is 37.2 Å². The Morgan fingerprint density at radius 3 is 1.55 bits per heavy atom. The standard InChI is InChI=1S/C52H54ClFO6/c1-2-38-23-25-39(26-24-38)29-44-30-46(45(31-47(44)53)36-55-28-27-54)49-51(58-34-42-19-11-5-12-20-42)52(59-35-43-21-13-6-14-22-43)50(57-33-41-17-9-4-10-18-41)48(60-49)37-56-32-40-15-7-3-8-16-40/h3-26,30-31,48-52H,2,27-29,32-37H2,1H3/t48-,49+,50-,51+,52+/m1/s1. The van der Waals surface area contributed by atoms with Gasteiger partial charge in [0.2, 0.25) is 0 Å². The molecule has 1 aliphatic rings. The van der Waals surface area contributed by atoms with Crippen molar-refractivity contribution in [2.45, 2.75) is 83.3 Å². The molecule has 6 nitrogen and oxygen atoms in total. The Labute approximate surface area is 359 Å². The van der Waals surface area contributed by atoms with E-state index in [1.807, 2.05) is 115 Å². The van der Waals surface area contributed by atoms with Crippen molar-refractivity contribution in [2.75, 3.05) is 19.9 Å². The summed E-state index contributed by atoms with van der Waals surface area (Å²) in [6.45, 7) is 3.20. The number of rotatable bonds is 21. The fraction of sp³-hybridized carbons (Fsp3) is 0.308. The van der Waals surface area contributed by atoms with Gasteiger partial charge in [0.05, 0.1) is 46.2 Å². The van der Waals surface area contributed by atoms with Crippen LogP contribution in [0, 0.1) is 0 Å². The molecule has 1 fully saturated rings. The highest BCUT2D eigenvalue weighted by Crippen LogP contribution is 2.41. The first-order chi connectivity index (χ1) is 29.6. The minimum Gasteiger partial charge on any atom is -0.374 e. The summed E-state index contributed by atoms with van der Waals surface area (Å²) >= 11 is 7.10. The number of ether oxygens (including phenoxy) is 6. The highest BCUT2D eigenvalue weighted by Gasteiger charge is 2.49. The summed E-state index contributed by atoms with van der Waals surface area (Å²) in [5, 5.41) is 0.596. The van der Waals surface area contributed by atoms with E-state index in [1.54, 1.807) is 0 Å². The highest BCUT2D eigenvalue weighted by molar-refractivity contribution is 6.31. The lowest BCUT2D eigenvalue weighted by Gasteiger charge is -2.47. The van der Waals surface area contributed by atoms with E-state index in [0.29, 0.717) is 37.9 Å². The molecule has 6 aromatic carbocycles. The largest absolute Gasteiger partial charge is 0.374 e. The third kappa shape index (κ3) is 12.2. The fourth-order valence-electron chi connectivity index (χ4n) is 7.59. The molecule has 7 rings (SSSR count). The van der Waals surface area contributed by atoms with E-state index in [4.69, 9.17) is 40.0 Å². The molecule has 0 N–H and O–H groups in total. The van der Waals surface area contributed by atoms with Crippen molar-refractivity contribution in [1.29, 1.82) is 0 Å². The molecule has 0 radical (unpaired) electrons. The van der Waals surface area contributed by atoms with Crippen LogP contribution in [0.2, 0.25) is 5.02 Å². The third-order valence-electron chi connectivity index (χ3n) is 10.8. The Morgan fingerprint density at radius 1 is 0.517 bits per heavy atom. The minimum atomic E-state index is -0.682. The summed E-state index contributed by atoms with van der Waals surface area (Å²) in [5.41, 5.74) is 9.04. The highest BCUT2D eigenvalue weighted by atomic mass is 35.5. The number of alkyl halides is 1. The van der Waals surface area contributed by atoms with Gasteiger partial charge in [-0.25, -0.2) is 4.39 Å². The molecule has 1 aliphatic heterocycles. The van der Waals surface area contributed by atoms with E-state index in [9.17, 15) is 4.39 Å². The van der Waals surface area contributed by atoms with Crippen molar-refractivity contribution in [2.24, 2.45) is 0 Å². The maximum Gasteiger partial charge on any atom is 0.117 e. The van der Waals surface area contributed by atoms with Crippen LogP contribution in [0.1, 0.15) is 63.1 Å². The topological polar surface area (TPSA) is 55.4 Å². The Hall–Kier alpha value is -4.70. The van der Waals surface area contributed by atoms with Gasteiger partial charge in [-0.05, 0) is 69.0 Å². The molecule has 0 aliphatic carbocycles.